The zero-order valence-corrected chi connectivity index (χ0v) is 14.9. The van der Waals surface area contributed by atoms with Gasteiger partial charge in [0.05, 0.1) is 6.10 Å². The maximum absolute atomic E-state index is 13.5. The first kappa shape index (κ1) is 17.3. The molecular formula is C22H25FN2O. The van der Waals surface area contributed by atoms with Crippen molar-refractivity contribution in [3.05, 3.63) is 71.7 Å². The third-order valence-electron chi connectivity index (χ3n) is 5.54. The van der Waals surface area contributed by atoms with Gasteiger partial charge in [0.2, 0.25) is 0 Å². The van der Waals surface area contributed by atoms with Crippen molar-refractivity contribution in [2.45, 2.75) is 25.4 Å². The zero-order valence-electron chi connectivity index (χ0n) is 14.9. The van der Waals surface area contributed by atoms with E-state index in [0.29, 0.717) is 12.5 Å². The summed E-state index contributed by atoms with van der Waals surface area (Å²) >= 11 is 0. The van der Waals surface area contributed by atoms with Gasteiger partial charge >= 0.3 is 0 Å². The molecule has 3 nitrogen and oxygen atoms in total. The molecule has 1 fully saturated rings. The van der Waals surface area contributed by atoms with E-state index in [1.54, 1.807) is 12.3 Å². The third kappa shape index (κ3) is 3.81. The van der Waals surface area contributed by atoms with Crippen molar-refractivity contribution in [3.8, 4) is 0 Å². The number of nitrogens with zero attached hydrogens (tertiary/aromatic N) is 1. The predicted octanol–water partition coefficient (Wildman–Crippen LogP) is 4.30. The summed E-state index contributed by atoms with van der Waals surface area (Å²) in [4.78, 5) is 5.45. The molecule has 0 amide bonds. The van der Waals surface area contributed by atoms with E-state index in [1.807, 2.05) is 0 Å². The Morgan fingerprint density at radius 1 is 1.12 bits per heavy atom. The molecule has 2 heterocycles. The number of aromatic amines is 1. The number of hydrogen-bond acceptors (Lipinski definition) is 2. The number of halogens is 1. The number of rotatable bonds is 5. The summed E-state index contributed by atoms with van der Waals surface area (Å²) in [6.07, 6.45) is 4.65. The Hall–Kier alpha value is -2.17. The van der Waals surface area contributed by atoms with E-state index in [-0.39, 0.29) is 5.82 Å². The van der Waals surface area contributed by atoms with Gasteiger partial charge in [-0.1, -0.05) is 30.3 Å². The molecule has 0 unspecified atom stereocenters. The Balaban J connectivity index is 1.34. The lowest BCUT2D eigenvalue weighted by Gasteiger charge is -2.33. The minimum Gasteiger partial charge on any atom is -0.387 e. The second kappa shape index (κ2) is 7.60. The summed E-state index contributed by atoms with van der Waals surface area (Å²) < 4.78 is 13.5. The quantitative estimate of drug-likeness (QED) is 0.719. The fourth-order valence-corrected chi connectivity index (χ4v) is 4.05. The van der Waals surface area contributed by atoms with E-state index in [9.17, 15) is 9.50 Å². The molecule has 0 spiro atoms. The molecular weight excluding hydrogens is 327 g/mol. The number of hydrogen-bond donors (Lipinski definition) is 2. The molecule has 1 atom stereocenters. The van der Waals surface area contributed by atoms with E-state index in [4.69, 9.17) is 0 Å². The van der Waals surface area contributed by atoms with E-state index in [2.05, 4.69) is 40.2 Å². The van der Waals surface area contributed by atoms with Gasteiger partial charge < -0.3 is 15.0 Å². The van der Waals surface area contributed by atoms with Gasteiger partial charge in [-0.25, -0.2) is 4.39 Å². The van der Waals surface area contributed by atoms with Crippen LogP contribution in [0.2, 0.25) is 0 Å². The number of benzene rings is 2. The number of H-pyrrole nitrogens is 1. The van der Waals surface area contributed by atoms with Crippen LogP contribution < -0.4 is 0 Å². The minimum absolute atomic E-state index is 0.271. The number of β-amino-alcohol motifs (C(OH)–C–C–N with tert-alkyl or cyclic N) is 1. The molecule has 0 saturated carbocycles. The van der Waals surface area contributed by atoms with Crippen molar-refractivity contribution in [1.82, 2.24) is 9.88 Å². The van der Waals surface area contributed by atoms with Crippen LogP contribution in [0.25, 0.3) is 10.9 Å². The number of piperidine rings is 1. The summed E-state index contributed by atoms with van der Waals surface area (Å²) in [5.74, 6) is 0.445. The number of nitrogens with one attached hydrogen (secondary N) is 1. The van der Waals surface area contributed by atoms with Gasteiger partial charge in [0.1, 0.15) is 5.82 Å². The first-order valence-corrected chi connectivity index (χ1v) is 9.40. The molecule has 1 aromatic heterocycles. The maximum Gasteiger partial charge on any atom is 0.123 e. The lowest BCUT2D eigenvalue weighted by Crippen LogP contribution is -2.37. The normalized spacial score (nSPS) is 17.6. The fraction of sp³-hybridized carbons (Fsp3) is 0.364. The van der Waals surface area contributed by atoms with Crippen LogP contribution in [0.5, 0.6) is 0 Å². The highest BCUT2D eigenvalue weighted by atomic mass is 19.1. The van der Waals surface area contributed by atoms with Gasteiger partial charge in [0, 0.05) is 29.2 Å². The SMILES string of the molecule is O[C@@H](CN1CCC(Cc2ccccc2)CC1)c1c[nH]c2ccc(F)cc12. The summed E-state index contributed by atoms with van der Waals surface area (Å²) in [6.45, 7) is 2.61. The molecule has 0 bridgehead atoms. The molecule has 0 radical (unpaired) electrons. The largest absolute Gasteiger partial charge is 0.387 e. The predicted molar refractivity (Wildman–Crippen MR) is 103 cm³/mol. The smallest absolute Gasteiger partial charge is 0.123 e. The van der Waals surface area contributed by atoms with Gasteiger partial charge in [-0.2, -0.15) is 0 Å². The topological polar surface area (TPSA) is 39.3 Å². The van der Waals surface area contributed by atoms with E-state index >= 15 is 0 Å². The van der Waals surface area contributed by atoms with Crippen molar-refractivity contribution >= 4 is 10.9 Å². The van der Waals surface area contributed by atoms with Crippen LogP contribution in [0.4, 0.5) is 4.39 Å². The standard InChI is InChI=1S/C22H25FN2O/c23-18-6-7-21-19(13-18)20(14-24-21)22(26)15-25-10-8-17(9-11-25)12-16-4-2-1-3-5-16/h1-7,13-14,17,22,24,26H,8-12,15H2/t22-/m0/s1. The molecule has 1 saturated heterocycles. The van der Waals surface area contributed by atoms with Crippen LogP contribution >= 0.6 is 0 Å². The van der Waals surface area contributed by atoms with Crippen LogP contribution in [0.3, 0.4) is 0 Å². The molecule has 2 aromatic carbocycles. The van der Waals surface area contributed by atoms with Crippen molar-refractivity contribution in [3.63, 3.8) is 0 Å². The van der Waals surface area contributed by atoms with Crippen LogP contribution in [0, 0.1) is 11.7 Å². The molecule has 1 aliphatic heterocycles. The zero-order chi connectivity index (χ0) is 17.9. The van der Waals surface area contributed by atoms with Crippen molar-refractivity contribution in [1.29, 1.82) is 0 Å². The summed E-state index contributed by atoms with van der Waals surface area (Å²) in [5.41, 5.74) is 3.06. The van der Waals surface area contributed by atoms with Gasteiger partial charge in [-0.15, -0.1) is 0 Å². The summed E-state index contributed by atoms with van der Waals surface area (Å²) in [7, 11) is 0. The van der Waals surface area contributed by atoms with Gasteiger partial charge in [-0.3, -0.25) is 0 Å². The van der Waals surface area contributed by atoms with E-state index in [0.717, 1.165) is 48.8 Å². The Kier molecular flexibility index (Phi) is 5.05. The molecule has 136 valence electrons. The molecule has 0 aliphatic carbocycles. The number of aromatic nitrogens is 1. The van der Waals surface area contributed by atoms with Crippen LogP contribution in [-0.4, -0.2) is 34.6 Å². The number of fused-ring (bicyclic) bond motifs is 1. The monoisotopic (exact) mass is 352 g/mol. The third-order valence-corrected chi connectivity index (χ3v) is 5.54. The first-order chi connectivity index (χ1) is 12.7. The summed E-state index contributed by atoms with van der Waals surface area (Å²) in [6, 6.07) is 15.3. The molecule has 3 aromatic rings. The highest BCUT2D eigenvalue weighted by Crippen LogP contribution is 2.27. The average molecular weight is 352 g/mol. The van der Waals surface area contributed by atoms with Gasteiger partial charge in [-0.05, 0) is 62.0 Å². The highest BCUT2D eigenvalue weighted by Gasteiger charge is 2.23. The molecule has 4 heteroatoms. The van der Waals surface area contributed by atoms with Crippen molar-refractivity contribution in [2.75, 3.05) is 19.6 Å². The first-order valence-electron chi connectivity index (χ1n) is 9.40. The summed E-state index contributed by atoms with van der Waals surface area (Å²) in [5, 5.41) is 11.4. The van der Waals surface area contributed by atoms with Crippen molar-refractivity contribution in [2.24, 2.45) is 5.92 Å². The Morgan fingerprint density at radius 3 is 2.65 bits per heavy atom. The van der Waals surface area contributed by atoms with Crippen LogP contribution in [-0.2, 0) is 6.42 Å². The lowest BCUT2D eigenvalue weighted by molar-refractivity contribution is 0.0901. The Morgan fingerprint density at radius 2 is 1.88 bits per heavy atom. The van der Waals surface area contributed by atoms with E-state index < -0.39 is 6.10 Å². The van der Waals surface area contributed by atoms with E-state index in [1.165, 1.54) is 17.7 Å². The molecule has 4 rings (SSSR count). The van der Waals surface area contributed by atoms with Crippen LogP contribution in [0.15, 0.2) is 54.7 Å². The molecule has 2 N–H and O–H groups in total. The Bertz CT molecular complexity index is 853. The van der Waals surface area contributed by atoms with Gasteiger partial charge in [0.15, 0.2) is 0 Å². The highest BCUT2D eigenvalue weighted by molar-refractivity contribution is 5.83. The average Bonchev–Trinajstić information content (AvgIpc) is 3.07. The van der Waals surface area contributed by atoms with Crippen LogP contribution in [0.1, 0.15) is 30.1 Å². The maximum atomic E-state index is 13.5. The number of aliphatic hydroxyl groups excluding tert-OH is 1. The second-order valence-corrected chi connectivity index (χ2v) is 7.38. The van der Waals surface area contributed by atoms with Gasteiger partial charge in [0.25, 0.3) is 0 Å². The number of likely N-dealkylation sites (tertiary alicyclic amines) is 1. The minimum atomic E-state index is -0.601. The number of aliphatic hydroxyl groups is 1. The lowest BCUT2D eigenvalue weighted by atomic mass is 9.90. The van der Waals surface area contributed by atoms with Crippen molar-refractivity contribution < 1.29 is 9.50 Å². The molecule has 1 aliphatic rings. The second-order valence-electron chi connectivity index (χ2n) is 7.38. The molecule has 26 heavy (non-hydrogen) atoms. The fourth-order valence-electron chi connectivity index (χ4n) is 4.05. The Labute approximate surface area is 153 Å².